The SMILES string of the molecule is Cc1cnccc1CNC(=O)c1ccc2cc[nH]c2c1. The second-order valence-electron chi connectivity index (χ2n) is 4.76. The Labute approximate surface area is 116 Å². The largest absolute Gasteiger partial charge is 0.361 e. The van der Waals surface area contributed by atoms with E-state index in [1.807, 2.05) is 43.5 Å². The molecule has 0 saturated heterocycles. The van der Waals surface area contributed by atoms with Crippen molar-refractivity contribution in [2.45, 2.75) is 13.5 Å². The topological polar surface area (TPSA) is 57.8 Å². The monoisotopic (exact) mass is 265 g/mol. The van der Waals surface area contributed by atoms with Crippen LogP contribution >= 0.6 is 0 Å². The van der Waals surface area contributed by atoms with Crippen LogP contribution in [0.1, 0.15) is 21.5 Å². The maximum absolute atomic E-state index is 12.2. The Hall–Kier alpha value is -2.62. The van der Waals surface area contributed by atoms with Crippen LogP contribution in [-0.4, -0.2) is 15.9 Å². The van der Waals surface area contributed by atoms with E-state index in [1.54, 1.807) is 12.4 Å². The Morgan fingerprint density at radius 2 is 2.20 bits per heavy atom. The number of carbonyl (C=O) groups excluding carboxylic acids is 1. The molecule has 0 atom stereocenters. The van der Waals surface area contributed by atoms with Gasteiger partial charge in [0.05, 0.1) is 0 Å². The lowest BCUT2D eigenvalue weighted by Crippen LogP contribution is -2.23. The van der Waals surface area contributed by atoms with Gasteiger partial charge < -0.3 is 10.3 Å². The highest BCUT2D eigenvalue weighted by Crippen LogP contribution is 2.14. The molecule has 3 aromatic rings. The molecule has 0 spiro atoms. The summed E-state index contributed by atoms with van der Waals surface area (Å²) in [4.78, 5) is 19.3. The second-order valence-corrected chi connectivity index (χ2v) is 4.76. The van der Waals surface area contributed by atoms with Crippen molar-refractivity contribution >= 4 is 16.8 Å². The number of hydrogen-bond donors (Lipinski definition) is 2. The van der Waals surface area contributed by atoms with E-state index in [0.717, 1.165) is 22.0 Å². The average molecular weight is 265 g/mol. The van der Waals surface area contributed by atoms with E-state index in [0.29, 0.717) is 12.1 Å². The van der Waals surface area contributed by atoms with Crippen LogP contribution < -0.4 is 5.32 Å². The summed E-state index contributed by atoms with van der Waals surface area (Å²) < 4.78 is 0. The molecule has 2 heterocycles. The maximum Gasteiger partial charge on any atom is 0.251 e. The molecular formula is C16H15N3O. The van der Waals surface area contributed by atoms with Crippen LogP contribution in [0.25, 0.3) is 10.9 Å². The third-order valence-electron chi connectivity index (χ3n) is 3.39. The Morgan fingerprint density at radius 1 is 1.30 bits per heavy atom. The fraction of sp³-hybridized carbons (Fsp3) is 0.125. The van der Waals surface area contributed by atoms with Crippen molar-refractivity contribution < 1.29 is 4.79 Å². The summed E-state index contributed by atoms with van der Waals surface area (Å²) in [5, 5.41) is 4.04. The van der Waals surface area contributed by atoms with Crippen LogP contribution in [0.5, 0.6) is 0 Å². The van der Waals surface area contributed by atoms with Crippen LogP contribution in [-0.2, 0) is 6.54 Å². The van der Waals surface area contributed by atoms with Crippen LogP contribution in [0.4, 0.5) is 0 Å². The van der Waals surface area contributed by atoms with E-state index in [2.05, 4.69) is 15.3 Å². The van der Waals surface area contributed by atoms with Crippen LogP contribution in [0.3, 0.4) is 0 Å². The minimum Gasteiger partial charge on any atom is -0.361 e. The Balaban J connectivity index is 1.74. The first-order valence-electron chi connectivity index (χ1n) is 6.49. The second kappa shape index (κ2) is 5.17. The first-order chi connectivity index (χ1) is 9.74. The molecule has 0 bridgehead atoms. The van der Waals surface area contributed by atoms with Crippen LogP contribution in [0.15, 0.2) is 48.9 Å². The zero-order chi connectivity index (χ0) is 13.9. The molecule has 100 valence electrons. The summed E-state index contributed by atoms with van der Waals surface area (Å²) in [6.45, 7) is 2.50. The van der Waals surface area contributed by atoms with Gasteiger partial charge in [0.1, 0.15) is 0 Å². The molecule has 4 nitrogen and oxygen atoms in total. The highest BCUT2D eigenvalue weighted by atomic mass is 16.1. The Kier molecular flexibility index (Phi) is 3.21. The van der Waals surface area contributed by atoms with Gasteiger partial charge in [-0.2, -0.15) is 0 Å². The maximum atomic E-state index is 12.2. The zero-order valence-corrected chi connectivity index (χ0v) is 11.2. The number of benzene rings is 1. The highest BCUT2D eigenvalue weighted by molar-refractivity contribution is 5.97. The van der Waals surface area contributed by atoms with E-state index >= 15 is 0 Å². The van der Waals surface area contributed by atoms with Gasteiger partial charge in [-0.25, -0.2) is 0 Å². The van der Waals surface area contributed by atoms with Crippen molar-refractivity contribution in [2.24, 2.45) is 0 Å². The highest BCUT2D eigenvalue weighted by Gasteiger charge is 2.07. The van der Waals surface area contributed by atoms with E-state index in [-0.39, 0.29) is 5.91 Å². The van der Waals surface area contributed by atoms with Gasteiger partial charge in [-0.15, -0.1) is 0 Å². The molecule has 0 aliphatic carbocycles. The van der Waals surface area contributed by atoms with Crippen molar-refractivity contribution in [3.05, 3.63) is 65.6 Å². The number of rotatable bonds is 3. The lowest BCUT2D eigenvalue weighted by atomic mass is 10.1. The van der Waals surface area contributed by atoms with Gasteiger partial charge in [0, 0.05) is 36.2 Å². The van der Waals surface area contributed by atoms with Gasteiger partial charge in [0.15, 0.2) is 0 Å². The molecule has 1 aromatic carbocycles. The lowest BCUT2D eigenvalue weighted by Gasteiger charge is -2.07. The van der Waals surface area contributed by atoms with Crippen molar-refractivity contribution in [3.63, 3.8) is 0 Å². The van der Waals surface area contributed by atoms with E-state index in [9.17, 15) is 4.79 Å². The molecule has 3 rings (SSSR count). The number of carbonyl (C=O) groups is 1. The third kappa shape index (κ3) is 2.40. The molecule has 2 aromatic heterocycles. The van der Waals surface area contributed by atoms with Gasteiger partial charge in [0.2, 0.25) is 0 Å². The number of hydrogen-bond acceptors (Lipinski definition) is 2. The summed E-state index contributed by atoms with van der Waals surface area (Å²) >= 11 is 0. The third-order valence-corrected chi connectivity index (χ3v) is 3.39. The fourth-order valence-electron chi connectivity index (χ4n) is 2.17. The van der Waals surface area contributed by atoms with Crippen LogP contribution in [0.2, 0.25) is 0 Å². The Morgan fingerprint density at radius 3 is 3.05 bits per heavy atom. The summed E-state index contributed by atoms with van der Waals surface area (Å²) in [7, 11) is 0. The molecule has 0 saturated carbocycles. The first kappa shape index (κ1) is 12.4. The fourth-order valence-corrected chi connectivity index (χ4v) is 2.17. The molecule has 0 radical (unpaired) electrons. The summed E-state index contributed by atoms with van der Waals surface area (Å²) in [5.74, 6) is -0.0716. The van der Waals surface area contributed by atoms with Gasteiger partial charge in [-0.3, -0.25) is 9.78 Å². The standard InChI is InChI=1S/C16H15N3O/c1-11-9-17-6-4-14(11)10-19-16(20)13-3-2-12-5-7-18-15(12)8-13/h2-9,18H,10H2,1H3,(H,19,20). The van der Waals surface area contributed by atoms with E-state index in [1.165, 1.54) is 0 Å². The van der Waals surface area contributed by atoms with Gasteiger partial charge in [-0.1, -0.05) is 6.07 Å². The average Bonchev–Trinajstić information content (AvgIpc) is 2.93. The summed E-state index contributed by atoms with van der Waals surface area (Å²) in [6.07, 6.45) is 5.40. The summed E-state index contributed by atoms with van der Waals surface area (Å²) in [5.41, 5.74) is 3.78. The number of nitrogens with one attached hydrogen (secondary N) is 2. The molecule has 20 heavy (non-hydrogen) atoms. The number of nitrogens with zero attached hydrogens (tertiary/aromatic N) is 1. The molecule has 1 amide bonds. The number of H-pyrrole nitrogens is 1. The summed E-state index contributed by atoms with van der Waals surface area (Å²) in [6, 6.07) is 9.55. The Bertz CT molecular complexity index is 761. The zero-order valence-electron chi connectivity index (χ0n) is 11.2. The predicted octanol–water partition coefficient (Wildman–Crippen LogP) is 2.80. The van der Waals surface area contributed by atoms with Crippen molar-refractivity contribution in [1.82, 2.24) is 15.3 Å². The lowest BCUT2D eigenvalue weighted by molar-refractivity contribution is 0.0951. The van der Waals surface area contributed by atoms with Gasteiger partial charge in [0.25, 0.3) is 5.91 Å². The van der Waals surface area contributed by atoms with E-state index < -0.39 is 0 Å². The van der Waals surface area contributed by atoms with E-state index in [4.69, 9.17) is 0 Å². The number of aromatic amines is 1. The molecule has 0 fully saturated rings. The minimum atomic E-state index is -0.0716. The molecule has 0 aliphatic rings. The molecule has 4 heteroatoms. The molecule has 2 N–H and O–H groups in total. The van der Waals surface area contributed by atoms with Crippen molar-refractivity contribution in [1.29, 1.82) is 0 Å². The minimum absolute atomic E-state index is 0.0716. The quantitative estimate of drug-likeness (QED) is 0.765. The van der Waals surface area contributed by atoms with Crippen molar-refractivity contribution in [3.8, 4) is 0 Å². The molecular weight excluding hydrogens is 250 g/mol. The van der Waals surface area contributed by atoms with Crippen molar-refractivity contribution in [2.75, 3.05) is 0 Å². The predicted molar refractivity (Wildman–Crippen MR) is 78.4 cm³/mol. The number of aryl methyl sites for hydroxylation is 1. The smallest absolute Gasteiger partial charge is 0.251 e. The van der Waals surface area contributed by atoms with Crippen LogP contribution in [0, 0.1) is 6.92 Å². The number of amides is 1. The molecule has 0 aliphatic heterocycles. The first-order valence-corrected chi connectivity index (χ1v) is 6.49. The normalized spacial score (nSPS) is 10.7. The molecule has 0 unspecified atom stereocenters. The number of fused-ring (bicyclic) bond motifs is 1. The van der Waals surface area contributed by atoms with Gasteiger partial charge in [-0.05, 0) is 47.7 Å². The van der Waals surface area contributed by atoms with Gasteiger partial charge >= 0.3 is 0 Å². The number of pyridine rings is 1. The number of aromatic nitrogens is 2.